The zero-order valence-corrected chi connectivity index (χ0v) is 11.1. The Hall–Kier alpha value is -2.54. The number of rotatable bonds is 5. The van der Waals surface area contributed by atoms with Crippen LogP contribution in [0.3, 0.4) is 0 Å². The van der Waals surface area contributed by atoms with Gasteiger partial charge in [-0.2, -0.15) is 5.26 Å². The zero-order valence-electron chi connectivity index (χ0n) is 11.1. The Balaban J connectivity index is 2.05. The Bertz CT molecular complexity index is 635. The maximum atomic E-state index is 13.2. The molecule has 0 atom stereocenters. The molecule has 0 aromatic heterocycles. The van der Waals surface area contributed by atoms with Gasteiger partial charge in [-0.25, -0.2) is 4.39 Å². The number of nitriles is 1. The van der Waals surface area contributed by atoms with Crippen molar-refractivity contribution in [3.8, 4) is 17.6 Å². The summed E-state index contributed by atoms with van der Waals surface area (Å²) in [6.45, 7) is 2.77. The second-order valence-electron chi connectivity index (χ2n) is 4.12. The Morgan fingerprint density at radius 2 is 1.85 bits per heavy atom. The van der Waals surface area contributed by atoms with Gasteiger partial charge in [-0.15, -0.1) is 0 Å². The highest BCUT2D eigenvalue weighted by Gasteiger charge is 2.04. The molecular weight excluding hydrogens is 257 g/mol. The molecule has 0 saturated heterocycles. The minimum atomic E-state index is -0.519. The van der Waals surface area contributed by atoms with Crippen molar-refractivity contribution >= 4 is 0 Å². The van der Waals surface area contributed by atoms with Gasteiger partial charge < -0.3 is 9.47 Å². The normalized spacial score (nSPS) is 9.85. The Morgan fingerprint density at radius 3 is 2.55 bits per heavy atom. The molecule has 0 aliphatic carbocycles. The zero-order chi connectivity index (χ0) is 14.4. The number of halogens is 1. The Morgan fingerprint density at radius 1 is 1.10 bits per heavy atom. The van der Waals surface area contributed by atoms with Gasteiger partial charge in [-0.3, -0.25) is 0 Å². The minimum absolute atomic E-state index is 0.0224. The van der Waals surface area contributed by atoms with Gasteiger partial charge in [0.25, 0.3) is 0 Å². The molecule has 0 spiro atoms. The average molecular weight is 271 g/mol. The van der Waals surface area contributed by atoms with Crippen molar-refractivity contribution in [2.45, 2.75) is 13.5 Å². The summed E-state index contributed by atoms with van der Waals surface area (Å²) < 4.78 is 24.2. The molecule has 0 radical (unpaired) electrons. The number of benzene rings is 2. The average Bonchev–Trinajstić information content (AvgIpc) is 2.47. The van der Waals surface area contributed by atoms with Gasteiger partial charge in [0.05, 0.1) is 12.2 Å². The first kappa shape index (κ1) is 13.9. The molecule has 102 valence electrons. The lowest BCUT2D eigenvalue weighted by molar-refractivity contribution is 0.299. The van der Waals surface area contributed by atoms with Crippen LogP contribution in [0.15, 0.2) is 42.5 Å². The molecule has 0 fully saturated rings. The van der Waals surface area contributed by atoms with E-state index in [9.17, 15) is 4.39 Å². The van der Waals surface area contributed by atoms with Crippen molar-refractivity contribution in [2.75, 3.05) is 6.61 Å². The van der Waals surface area contributed by atoms with Gasteiger partial charge >= 0.3 is 0 Å². The molecule has 0 saturated carbocycles. The molecule has 2 rings (SSSR count). The van der Waals surface area contributed by atoms with Gasteiger partial charge in [-0.1, -0.05) is 12.1 Å². The third kappa shape index (κ3) is 3.48. The van der Waals surface area contributed by atoms with Crippen LogP contribution in [0, 0.1) is 17.1 Å². The molecule has 0 bridgehead atoms. The van der Waals surface area contributed by atoms with Crippen LogP contribution in [0.2, 0.25) is 0 Å². The standard InChI is InChI=1S/C16H14FNO2/c1-2-19-14-4-3-5-15(9-14)20-11-12-6-7-16(17)13(8-12)10-18/h3-9H,2,11H2,1H3. The topological polar surface area (TPSA) is 42.2 Å². The highest BCUT2D eigenvalue weighted by Crippen LogP contribution is 2.20. The molecule has 4 heteroatoms. The fraction of sp³-hybridized carbons (Fsp3) is 0.188. The molecule has 3 nitrogen and oxygen atoms in total. The van der Waals surface area contributed by atoms with Crippen LogP contribution in [0.1, 0.15) is 18.1 Å². The van der Waals surface area contributed by atoms with E-state index in [1.807, 2.05) is 31.2 Å². The molecule has 0 aliphatic heterocycles. The molecule has 0 amide bonds. The quantitative estimate of drug-likeness (QED) is 0.833. The van der Waals surface area contributed by atoms with E-state index in [1.54, 1.807) is 12.1 Å². The monoisotopic (exact) mass is 271 g/mol. The first-order chi connectivity index (χ1) is 9.72. The van der Waals surface area contributed by atoms with Gasteiger partial charge in [-0.05, 0) is 36.8 Å². The van der Waals surface area contributed by atoms with Gasteiger partial charge in [0.15, 0.2) is 0 Å². The van der Waals surface area contributed by atoms with E-state index in [-0.39, 0.29) is 12.2 Å². The number of hydrogen-bond acceptors (Lipinski definition) is 3. The summed E-state index contributed by atoms with van der Waals surface area (Å²) in [4.78, 5) is 0. The predicted molar refractivity (Wildman–Crippen MR) is 73.1 cm³/mol. The first-order valence-electron chi connectivity index (χ1n) is 6.27. The van der Waals surface area contributed by atoms with E-state index >= 15 is 0 Å². The van der Waals surface area contributed by atoms with Gasteiger partial charge in [0.1, 0.15) is 30.0 Å². The van der Waals surface area contributed by atoms with E-state index in [0.29, 0.717) is 12.4 Å². The molecule has 20 heavy (non-hydrogen) atoms. The lowest BCUT2D eigenvalue weighted by Crippen LogP contribution is -1.98. The second-order valence-corrected chi connectivity index (χ2v) is 4.12. The van der Waals surface area contributed by atoms with Crippen molar-refractivity contribution in [1.29, 1.82) is 5.26 Å². The fourth-order valence-electron chi connectivity index (χ4n) is 1.74. The maximum absolute atomic E-state index is 13.2. The molecule has 2 aromatic carbocycles. The first-order valence-corrected chi connectivity index (χ1v) is 6.27. The summed E-state index contributed by atoms with van der Waals surface area (Å²) in [5, 5.41) is 8.78. The van der Waals surface area contributed by atoms with Gasteiger partial charge in [0, 0.05) is 6.07 Å². The highest BCUT2D eigenvalue weighted by atomic mass is 19.1. The van der Waals surface area contributed by atoms with Crippen LogP contribution in [0.5, 0.6) is 11.5 Å². The molecule has 0 unspecified atom stereocenters. The summed E-state index contributed by atoms with van der Waals surface area (Å²) in [5.74, 6) is 0.884. The van der Waals surface area contributed by atoms with Crippen LogP contribution in [-0.2, 0) is 6.61 Å². The number of ether oxygens (including phenoxy) is 2. The molecule has 2 aromatic rings. The number of nitrogens with zero attached hydrogens (tertiary/aromatic N) is 1. The SMILES string of the molecule is CCOc1cccc(OCc2ccc(F)c(C#N)c2)c1. The highest BCUT2D eigenvalue weighted by molar-refractivity contribution is 5.35. The molecule has 0 heterocycles. The summed E-state index contributed by atoms with van der Waals surface area (Å²) in [7, 11) is 0. The fourth-order valence-corrected chi connectivity index (χ4v) is 1.74. The number of hydrogen-bond donors (Lipinski definition) is 0. The molecule has 0 N–H and O–H groups in total. The van der Waals surface area contributed by atoms with Crippen molar-refractivity contribution in [2.24, 2.45) is 0 Å². The van der Waals surface area contributed by atoms with E-state index in [2.05, 4.69) is 0 Å². The van der Waals surface area contributed by atoms with Crippen molar-refractivity contribution in [3.05, 3.63) is 59.4 Å². The van der Waals surface area contributed by atoms with E-state index in [1.165, 1.54) is 12.1 Å². The van der Waals surface area contributed by atoms with Crippen LogP contribution >= 0.6 is 0 Å². The maximum Gasteiger partial charge on any atom is 0.140 e. The van der Waals surface area contributed by atoms with Crippen molar-refractivity contribution < 1.29 is 13.9 Å². The van der Waals surface area contributed by atoms with E-state index in [4.69, 9.17) is 14.7 Å². The van der Waals surface area contributed by atoms with E-state index in [0.717, 1.165) is 11.3 Å². The third-order valence-electron chi connectivity index (χ3n) is 2.67. The second kappa shape index (κ2) is 6.58. The van der Waals surface area contributed by atoms with Crippen LogP contribution in [0.4, 0.5) is 4.39 Å². The largest absolute Gasteiger partial charge is 0.494 e. The van der Waals surface area contributed by atoms with Crippen LogP contribution < -0.4 is 9.47 Å². The van der Waals surface area contributed by atoms with Gasteiger partial charge in [0.2, 0.25) is 0 Å². The minimum Gasteiger partial charge on any atom is -0.494 e. The Labute approximate surface area is 117 Å². The lowest BCUT2D eigenvalue weighted by atomic mass is 10.1. The summed E-state index contributed by atoms with van der Waals surface area (Å²) in [5.41, 5.74) is 0.763. The summed E-state index contributed by atoms with van der Waals surface area (Å²) >= 11 is 0. The summed E-state index contributed by atoms with van der Waals surface area (Å²) in [6.07, 6.45) is 0. The van der Waals surface area contributed by atoms with E-state index < -0.39 is 5.82 Å². The van der Waals surface area contributed by atoms with Crippen LogP contribution in [0.25, 0.3) is 0 Å². The predicted octanol–water partition coefficient (Wildman–Crippen LogP) is 3.68. The van der Waals surface area contributed by atoms with Crippen LogP contribution in [-0.4, -0.2) is 6.61 Å². The van der Waals surface area contributed by atoms with Crippen molar-refractivity contribution in [1.82, 2.24) is 0 Å². The molecular formula is C16H14FNO2. The smallest absolute Gasteiger partial charge is 0.140 e. The third-order valence-corrected chi connectivity index (χ3v) is 2.67. The molecule has 0 aliphatic rings. The van der Waals surface area contributed by atoms with Crippen molar-refractivity contribution in [3.63, 3.8) is 0 Å². The Kier molecular flexibility index (Phi) is 4.56. The lowest BCUT2D eigenvalue weighted by Gasteiger charge is -2.09. The summed E-state index contributed by atoms with van der Waals surface area (Å²) in [6, 6.07) is 13.5.